The summed E-state index contributed by atoms with van der Waals surface area (Å²) in [5, 5.41) is 8.99. The van der Waals surface area contributed by atoms with Gasteiger partial charge in [0, 0.05) is 12.6 Å². The lowest BCUT2D eigenvalue weighted by atomic mass is 9.83. The molecule has 1 heterocycles. The Hall–Kier alpha value is -2.65. The SMILES string of the molecule is CC1CCC(NC(=O)N[C@H](C(=O)N2C[C@H]3[C@@H]([C@H]2C(=O)NC(CC2CC2)C(=O)C(N)=O)C3(C)C)C2CCCCC2)CC1. The average molecular weight is 572 g/mol. The molecule has 0 aromatic rings. The minimum absolute atomic E-state index is 0.0149. The number of carbonyl (C=O) groups is 5. The second-order valence-electron chi connectivity index (χ2n) is 14.3. The monoisotopic (exact) mass is 571 g/mol. The third kappa shape index (κ3) is 6.56. The summed E-state index contributed by atoms with van der Waals surface area (Å²) in [6.45, 7) is 6.89. The van der Waals surface area contributed by atoms with Crippen molar-refractivity contribution in [2.45, 2.75) is 122 Å². The Kier molecular flexibility index (Phi) is 8.67. The van der Waals surface area contributed by atoms with Gasteiger partial charge in [-0.3, -0.25) is 19.2 Å². The summed E-state index contributed by atoms with van der Waals surface area (Å²) in [4.78, 5) is 67.3. The third-order valence-corrected chi connectivity index (χ3v) is 10.9. The van der Waals surface area contributed by atoms with E-state index in [4.69, 9.17) is 5.73 Å². The fourth-order valence-corrected chi connectivity index (χ4v) is 7.96. The van der Waals surface area contributed by atoms with Crippen LogP contribution in [0.1, 0.15) is 97.8 Å². The van der Waals surface area contributed by atoms with Crippen LogP contribution in [0.4, 0.5) is 4.79 Å². The molecule has 10 nitrogen and oxygen atoms in total. The maximum Gasteiger partial charge on any atom is 0.315 e. The number of hydrogen-bond donors (Lipinski definition) is 4. The molecule has 1 unspecified atom stereocenters. The maximum atomic E-state index is 14.3. The van der Waals surface area contributed by atoms with Gasteiger partial charge in [0.15, 0.2) is 0 Å². The van der Waals surface area contributed by atoms with Crippen LogP contribution in [0.5, 0.6) is 0 Å². The van der Waals surface area contributed by atoms with Crippen molar-refractivity contribution in [1.82, 2.24) is 20.9 Å². The lowest BCUT2D eigenvalue weighted by Crippen LogP contribution is -2.60. The Morgan fingerprint density at radius 1 is 0.902 bits per heavy atom. The second-order valence-corrected chi connectivity index (χ2v) is 14.3. The van der Waals surface area contributed by atoms with E-state index < -0.39 is 35.7 Å². The number of nitrogens with zero attached hydrogens (tertiary/aromatic N) is 1. The van der Waals surface area contributed by atoms with Gasteiger partial charge in [-0.25, -0.2) is 4.79 Å². The number of primary amides is 1. The number of nitrogens with one attached hydrogen (secondary N) is 3. The van der Waals surface area contributed by atoms with Crippen LogP contribution in [0.25, 0.3) is 0 Å². The van der Waals surface area contributed by atoms with Crippen molar-refractivity contribution in [1.29, 1.82) is 0 Å². The molecular formula is C31H49N5O5. The average Bonchev–Trinajstić information content (AvgIpc) is 3.79. The number of amides is 5. The molecule has 0 bridgehead atoms. The van der Waals surface area contributed by atoms with Crippen LogP contribution in [0.15, 0.2) is 0 Å². The number of fused-ring (bicyclic) bond motifs is 1. The Balaban J connectivity index is 1.32. The molecule has 5 atom stereocenters. The molecule has 4 aliphatic carbocycles. The predicted octanol–water partition coefficient (Wildman–Crippen LogP) is 2.64. The van der Waals surface area contributed by atoms with Gasteiger partial charge in [-0.15, -0.1) is 0 Å². The summed E-state index contributed by atoms with van der Waals surface area (Å²) in [5.74, 6) is -1.36. The van der Waals surface area contributed by atoms with Crippen molar-refractivity contribution in [3.8, 4) is 0 Å². The summed E-state index contributed by atoms with van der Waals surface area (Å²) in [6.07, 6.45) is 11.2. The highest BCUT2D eigenvalue weighted by atomic mass is 16.2. The summed E-state index contributed by atoms with van der Waals surface area (Å²) >= 11 is 0. The first kappa shape index (κ1) is 29.8. The van der Waals surface area contributed by atoms with Crippen LogP contribution >= 0.6 is 0 Å². The van der Waals surface area contributed by atoms with Crippen molar-refractivity contribution in [3.05, 3.63) is 0 Å². The highest BCUT2D eigenvalue weighted by Gasteiger charge is 2.69. The van der Waals surface area contributed by atoms with Gasteiger partial charge >= 0.3 is 6.03 Å². The standard InChI is InChI=1S/C31H49N5O5/c1-17-9-13-20(14-10-17)33-30(41)35-24(19-7-5-4-6-8-19)29(40)36-16-21-23(31(21,2)3)25(36)28(39)34-22(15-18-11-12-18)26(37)27(32)38/h17-25H,4-16H2,1-3H3,(H2,32,38)(H,34,39)(H2,33,35,41)/t17?,20?,21-,22?,23-,24-,25-/m0/s1. The van der Waals surface area contributed by atoms with E-state index in [9.17, 15) is 24.0 Å². The van der Waals surface area contributed by atoms with Gasteiger partial charge in [-0.05, 0) is 80.0 Å². The Labute approximate surface area is 243 Å². The molecule has 0 radical (unpaired) electrons. The third-order valence-electron chi connectivity index (χ3n) is 10.9. The predicted molar refractivity (Wildman–Crippen MR) is 153 cm³/mol. The first-order valence-electron chi connectivity index (χ1n) is 16.0. The van der Waals surface area contributed by atoms with Gasteiger partial charge in [0.2, 0.25) is 17.6 Å². The molecular weight excluding hydrogens is 522 g/mol. The Morgan fingerprint density at radius 2 is 1.56 bits per heavy atom. The van der Waals surface area contributed by atoms with E-state index in [1.807, 2.05) is 0 Å². The molecule has 5 amide bonds. The van der Waals surface area contributed by atoms with Crippen LogP contribution in [-0.2, 0) is 19.2 Å². The molecule has 10 heteroatoms. The molecule has 0 spiro atoms. The van der Waals surface area contributed by atoms with Crippen LogP contribution in [0, 0.1) is 35.0 Å². The zero-order valence-corrected chi connectivity index (χ0v) is 25.0. The lowest BCUT2D eigenvalue weighted by molar-refractivity contribution is -0.144. The zero-order chi connectivity index (χ0) is 29.5. The summed E-state index contributed by atoms with van der Waals surface area (Å²) in [6, 6.07) is -2.63. The van der Waals surface area contributed by atoms with Crippen molar-refractivity contribution in [2.24, 2.45) is 40.7 Å². The number of hydrogen-bond acceptors (Lipinski definition) is 5. The maximum absolute atomic E-state index is 14.3. The van der Waals surface area contributed by atoms with Gasteiger partial charge in [0.1, 0.15) is 12.1 Å². The largest absolute Gasteiger partial charge is 0.363 e. The molecule has 1 aliphatic heterocycles. The van der Waals surface area contributed by atoms with E-state index in [0.717, 1.165) is 70.6 Å². The Morgan fingerprint density at radius 3 is 2.17 bits per heavy atom. The number of piperidine rings is 1. The quantitative estimate of drug-likeness (QED) is 0.297. The number of urea groups is 1. The molecule has 0 aromatic heterocycles. The van der Waals surface area contributed by atoms with E-state index in [1.54, 1.807) is 4.90 Å². The molecule has 5 fully saturated rings. The fourth-order valence-electron chi connectivity index (χ4n) is 7.96. The highest BCUT2D eigenvalue weighted by Crippen LogP contribution is 2.65. The first-order valence-corrected chi connectivity index (χ1v) is 16.0. The number of rotatable bonds is 10. The lowest BCUT2D eigenvalue weighted by Gasteiger charge is -2.37. The molecule has 5 N–H and O–H groups in total. The highest BCUT2D eigenvalue weighted by molar-refractivity contribution is 6.37. The minimum atomic E-state index is -1.06. The number of ketones is 1. The summed E-state index contributed by atoms with van der Waals surface area (Å²) in [5.41, 5.74) is 5.20. The van der Waals surface area contributed by atoms with Crippen molar-refractivity contribution >= 4 is 29.5 Å². The first-order chi connectivity index (χ1) is 19.5. The van der Waals surface area contributed by atoms with E-state index in [0.29, 0.717) is 24.8 Å². The topological polar surface area (TPSA) is 151 Å². The van der Waals surface area contributed by atoms with Gasteiger partial charge in [0.25, 0.3) is 5.91 Å². The number of likely N-dealkylation sites (tertiary alicyclic amines) is 1. The van der Waals surface area contributed by atoms with Crippen molar-refractivity contribution in [2.75, 3.05) is 6.54 Å². The van der Waals surface area contributed by atoms with E-state index >= 15 is 0 Å². The molecule has 4 saturated carbocycles. The van der Waals surface area contributed by atoms with Crippen molar-refractivity contribution in [3.63, 3.8) is 0 Å². The van der Waals surface area contributed by atoms with E-state index in [-0.39, 0.29) is 41.1 Å². The van der Waals surface area contributed by atoms with Crippen LogP contribution in [0.3, 0.4) is 0 Å². The van der Waals surface area contributed by atoms with Crippen molar-refractivity contribution < 1.29 is 24.0 Å². The smallest absolute Gasteiger partial charge is 0.315 e. The summed E-state index contributed by atoms with van der Waals surface area (Å²) < 4.78 is 0. The number of Topliss-reactive ketones (excluding diaryl/α,β-unsaturated/α-hetero) is 1. The normalized spacial score (nSPS) is 32.3. The molecule has 0 aromatic carbocycles. The second kappa shape index (κ2) is 11.9. The minimum Gasteiger partial charge on any atom is -0.363 e. The molecule has 228 valence electrons. The number of nitrogens with two attached hydrogens (primary N) is 1. The van der Waals surface area contributed by atoms with E-state index in [2.05, 4.69) is 36.7 Å². The number of carbonyl (C=O) groups excluding carboxylic acids is 5. The van der Waals surface area contributed by atoms with Crippen LogP contribution < -0.4 is 21.7 Å². The van der Waals surface area contributed by atoms with Gasteiger partial charge in [-0.1, -0.05) is 52.9 Å². The Bertz CT molecular complexity index is 1040. The van der Waals surface area contributed by atoms with Crippen LogP contribution in [0.2, 0.25) is 0 Å². The fraction of sp³-hybridized carbons (Fsp3) is 0.839. The van der Waals surface area contributed by atoms with Gasteiger partial charge < -0.3 is 26.6 Å². The molecule has 1 saturated heterocycles. The molecule has 41 heavy (non-hydrogen) atoms. The molecule has 5 rings (SSSR count). The van der Waals surface area contributed by atoms with Crippen LogP contribution in [-0.4, -0.2) is 65.1 Å². The van der Waals surface area contributed by atoms with Gasteiger partial charge in [-0.2, -0.15) is 0 Å². The zero-order valence-electron chi connectivity index (χ0n) is 25.0. The van der Waals surface area contributed by atoms with Gasteiger partial charge in [0.05, 0.1) is 6.04 Å². The molecule has 5 aliphatic rings. The van der Waals surface area contributed by atoms with E-state index in [1.165, 1.54) is 0 Å². The summed E-state index contributed by atoms with van der Waals surface area (Å²) in [7, 11) is 0.